The normalized spacial score (nSPS) is 19.2. The molecule has 1 aliphatic rings. The molecule has 0 bridgehead atoms. The lowest BCUT2D eigenvalue weighted by molar-refractivity contribution is 0.726. The van der Waals surface area contributed by atoms with E-state index in [0.29, 0.717) is 0 Å². The van der Waals surface area contributed by atoms with Gasteiger partial charge in [0.2, 0.25) is 0 Å². The van der Waals surface area contributed by atoms with Gasteiger partial charge in [0.05, 0.1) is 17.6 Å². The molecular formula is C13H21N3. The minimum absolute atomic E-state index is 0.0261. The first kappa shape index (κ1) is 11.4. The summed E-state index contributed by atoms with van der Waals surface area (Å²) in [6, 6.07) is 4.22. The third kappa shape index (κ3) is 2.73. The largest absolute Gasteiger partial charge is 0.370 e. The molecule has 0 aromatic carbocycles. The van der Waals surface area contributed by atoms with Gasteiger partial charge in [-0.2, -0.15) is 0 Å². The van der Waals surface area contributed by atoms with Crippen LogP contribution in [0.2, 0.25) is 0 Å². The van der Waals surface area contributed by atoms with Gasteiger partial charge in [-0.05, 0) is 31.9 Å². The van der Waals surface area contributed by atoms with E-state index in [4.69, 9.17) is 5.73 Å². The van der Waals surface area contributed by atoms with Crippen molar-refractivity contribution in [2.75, 3.05) is 18.0 Å². The van der Waals surface area contributed by atoms with Gasteiger partial charge >= 0.3 is 0 Å². The molecular weight excluding hydrogens is 198 g/mol. The van der Waals surface area contributed by atoms with E-state index in [1.807, 2.05) is 19.2 Å². The molecule has 0 radical (unpaired) electrons. The SMILES string of the molecule is C[C@@H](N)c1ccc(N2CCCCCC2)cn1. The molecule has 88 valence electrons. The van der Waals surface area contributed by atoms with Gasteiger partial charge in [0.15, 0.2) is 0 Å². The summed E-state index contributed by atoms with van der Waals surface area (Å²) in [4.78, 5) is 6.85. The first-order valence-corrected chi connectivity index (χ1v) is 6.24. The standard InChI is InChI=1S/C13H21N3/c1-11(14)13-7-6-12(10-15-13)16-8-4-2-3-5-9-16/h6-7,10-11H,2-5,8-9,14H2,1H3/t11-/m1/s1. The van der Waals surface area contributed by atoms with E-state index in [1.165, 1.54) is 44.5 Å². The third-order valence-electron chi connectivity index (χ3n) is 3.21. The van der Waals surface area contributed by atoms with Gasteiger partial charge in [-0.1, -0.05) is 12.8 Å². The van der Waals surface area contributed by atoms with Crippen LogP contribution < -0.4 is 10.6 Å². The van der Waals surface area contributed by atoms with Crippen molar-refractivity contribution >= 4 is 5.69 Å². The average molecular weight is 219 g/mol. The highest BCUT2D eigenvalue weighted by Gasteiger charge is 2.10. The summed E-state index contributed by atoms with van der Waals surface area (Å²) >= 11 is 0. The molecule has 16 heavy (non-hydrogen) atoms. The second-order valence-corrected chi connectivity index (χ2v) is 4.63. The number of pyridine rings is 1. The summed E-state index contributed by atoms with van der Waals surface area (Å²) in [7, 11) is 0. The Morgan fingerprint density at radius 2 is 1.88 bits per heavy atom. The summed E-state index contributed by atoms with van der Waals surface area (Å²) < 4.78 is 0. The highest BCUT2D eigenvalue weighted by atomic mass is 15.1. The van der Waals surface area contributed by atoms with Gasteiger partial charge in [0.25, 0.3) is 0 Å². The van der Waals surface area contributed by atoms with Gasteiger partial charge in [-0.25, -0.2) is 0 Å². The van der Waals surface area contributed by atoms with E-state index >= 15 is 0 Å². The van der Waals surface area contributed by atoms with Crippen LogP contribution in [0, 0.1) is 0 Å². The lowest BCUT2D eigenvalue weighted by Crippen LogP contribution is -2.24. The fourth-order valence-corrected chi connectivity index (χ4v) is 2.18. The van der Waals surface area contributed by atoms with Crippen LogP contribution in [0.1, 0.15) is 44.3 Å². The molecule has 0 aliphatic carbocycles. The van der Waals surface area contributed by atoms with Crippen molar-refractivity contribution in [1.29, 1.82) is 0 Å². The van der Waals surface area contributed by atoms with Crippen LogP contribution in [-0.2, 0) is 0 Å². The highest BCUT2D eigenvalue weighted by molar-refractivity contribution is 5.44. The monoisotopic (exact) mass is 219 g/mol. The Hall–Kier alpha value is -1.09. The lowest BCUT2D eigenvalue weighted by Gasteiger charge is -2.22. The molecule has 0 unspecified atom stereocenters. The Balaban J connectivity index is 2.07. The fraction of sp³-hybridized carbons (Fsp3) is 0.615. The number of anilines is 1. The van der Waals surface area contributed by atoms with Crippen molar-refractivity contribution in [2.24, 2.45) is 5.73 Å². The third-order valence-corrected chi connectivity index (χ3v) is 3.21. The van der Waals surface area contributed by atoms with Crippen LogP contribution in [0.15, 0.2) is 18.3 Å². The number of rotatable bonds is 2. The van der Waals surface area contributed by atoms with Crippen molar-refractivity contribution in [3.63, 3.8) is 0 Å². The number of hydrogen-bond donors (Lipinski definition) is 1. The molecule has 1 saturated heterocycles. The fourth-order valence-electron chi connectivity index (χ4n) is 2.18. The minimum atomic E-state index is 0.0261. The van der Waals surface area contributed by atoms with Crippen LogP contribution in [0.4, 0.5) is 5.69 Å². The quantitative estimate of drug-likeness (QED) is 0.831. The van der Waals surface area contributed by atoms with E-state index in [9.17, 15) is 0 Å². The Bertz CT molecular complexity index is 310. The van der Waals surface area contributed by atoms with Gasteiger partial charge < -0.3 is 10.6 Å². The van der Waals surface area contributed by atoms with Crippen molar-refractivity contribution < 1.29 is 0 Å². The molecule has 1 aromatic heterocycles. The van der Waals surface area contributed by atoms with Gasteiger partial charge in [0.1, 0.15) is 0 Å². The Morgan fingerprint density at radius 3 is 2.38 bits per heavy atom. The number of nitrogens with zero attached hydrogens (tertiary/aromatic N) is 2. The van der Waals surface area contributed by atoms with E-state index in [1.54, 1.807) is 0 Å². The average Bonchev–Trinajstić information content (AvgIpc) is 2.57. The Kier molecular flexibility index (Phi) is 3.78. The van der Waals surface area contributed by atoms with Gasteiger partial charge in [-0.15, -0.1) is 0 Å². The van der Waals surface area contributed by atoms with Crippen molar-refractivity contribution in [2.45, 2.75) is 38.6 Å². The molecule has 2 rings (SSSR count). The maximum Gasteiger partial charge on any atom is 0.0569 e. The van der Waals surface area contributed by atoms with Gasteiger partial charge in [-0.3, -0.25) is 4.98 Å². The van der Waals surface area contributed by atoms with Crippen molar-refractivity contribution in [3.8, 4) is 0 Å². The molecule has 2 N–H and O–H groups in total. The van der Waals surface area contributed by atoms with E-state index in [-0.39, 0.29) is 6.04 Å². The summed E-state index contributed by atoms with van der Waals surface area (Å²) in [6.07, 6.45) is 7.29. The van der Waals surface area contributed by atoms with Crippen molar-refractivity contribution in [3.05, 3.63) is 24.0 Å². The second kappa shape index (κ2) is 5.30. The lowest BCUT2D eigenvalue weighted by atomic mass is 10.2. The summed E-state index contributed by atoms with van der Waals surface area (Å²) in [6.45, 7) is 4.30. The number of nitrogens with two attached hydrogens (primary N) is 1. The molecule has 1 aromatic rings. The Labute approximate surface area is 97.7 Å². The summed E-state index contributed by atoms with van der Waals surface area (Å²) in [5.41, 5.74) is 8.00. The summed E-state index contributed by atoms with van der Waals surface area (Å²) in [5.74, 6) is 0. The zero-order valence-corrected chi connectivity index (χ0v) is 10.0. The predicted octanol–water partition coefficient (Wildman–Crippen LogP) is 2.48. The number of aromatic nitrogens is 1. The molecule has 3 heteroatoms. The number of hydrogen-bond acceptors (Lipinski definition) is 3. The maximum atomic E-state index is 5.79. The second-order valence-electron chi connectivity index (χ2n) is 4.63. The molecule has 1 atom stereocenters. The maximum absolute atomic E-state index is 5.79. The van der Waals surface area contributed by atoms with Gasteiger partial charge in [0, 0.05) is 19.1 Å². The summed E-state index contributed by atoms with van der Waals surface area (Å²) in [5, 5.41) is 0. The molecule has 0 amide bonds. The zero-order valence-electron chi connectivity index (χ0n) is 10.0. The van der Waals surface area contributed by atoms with Crippen LogP contribution >= 0.6 is 0 Å². The molecule has 1 aliphatic heterocycles. The minimum Gasteiger partial charge on any atom is -0.370 e. The van der Waals surface area contributed by atoms with Crippen LogP contribution in [0.25, 0.3) is 0 Å². The van der Waals surface area contributed by atoms with Crippen LogP contribution in [0.3, 0.4) is 0 Å². The zero-order chi connectivity index (χ0) is 11.4. The first-order valence-electron chi connectivity index (χ1n) is 6.24. The molecule has 2 heterocycles. The van der Waals surface area contributed by atoms with Crippen molar-refractivity contribution in [1.82, 2.24) is 4.98 Å². The van der Waals surface area contributed by atoms with E-state index in [0.717, 1.165) is 5.69 Å². The molecule has 0 spiro atoms. The molecule has 0 saturated carbocycles. The Morgan fingerprint density at radius 1 is 1.19 bits per heavy atom. The van der Waals surface area contributed by atoms with Crippen LogP contribution in [-0.4, -0.2) is 18.1 Å². The van der Waals surface area contributed by atoms with E-state index in [2.05, 4.69) is 16.0 Å². The highest BCUT2D eigenvalue weighted by Crippen LogP contribution is 2.19. The van der Waals surface area contributed by atoms with E-state index < -0.39 is 0 Å². The first-order chi connectivity index (χ1) is 7.77. The van der Waals surface area contributed by atoms with Crippen LogP contribution in [0.5, 0.6) is 0 Å². The molecule has 1 fully saturated rings. The molecule has 3 nitrogen and oxygen atoms in total. The topological polar surface area (TPSA) is 42.1 Å². The predicted molar refractivity (Wildman–Crippen MR) is 67.5 cm³/mol. The smallest absolute Gasteiger partial charge is 0.0569 e.